The molecule has 0 aliphatic heterocycles. The number of rotatable bonds is 5. The van der Waals surface area contributed by atoms with Crippen LogP contribution in [0.4, 0.5) is 0 Å². The molecular weight excluding hydrogens is 274 g/mol. The summed E-state index contributed by atoms with van der Waals surface area (Å²) >= 11 is 5.32. The maximum atomic E-state index is 5.32. The predicted molar refractivity (Wildman–Crippen MR) is 94.9 cm³/mol. The summed E-state index contributed by atoms with van der Waals surface area (Å²) in [4.78, 5) is 0.830. The predicted octanol–water partition coefficient (Wildman–Crippen LogP) is 4.84. The molecule has 110 valence electrons. The highest BCUT2D eigenvalue weighted by molar-refractivity contribution is 7.80. The van der Waals surface area contributed by atoms with Crippen LogP contribution in [-0.2, 0) is 12.8 Å². The highest BCUT2D eigenvalue weighted by Gasteiger charge is 2.18. The summed E-state index contributed by atoms with van der Waals surface area (Å²) in [5.74, 6) is 0. The number of thiocarbonyl (C=S) groups is 1. The van der Waals surface area contributed by atoms with Gasteiger partial charge in [0.2, 0.25) is 0 Å². The molecule has 0 saturated carbocycles. The Morgan fingerprint density at radius 2 is 1.33 bits per heavy atom. The molecule has 0 amide bonds. The van der Waals surface area contributed by atoms with E-state index in [1.165, 1.54) is 22.3 Å². The Morgan fingerprint density at radius 1 is 0.905 bits per heavy atom. The van der Waals surface area contributed by atoms with Crippen molar-refractivity contribution in [1.29, 1.82) is 0 Å². The van der Waals surface area contributed by atoms with Crippen molar-refractivity contribution in [3.63, 3.8) is 0 Å². The highest BCUT2D eigenvalue weighted by Crippen LogP contribution is 2.28. The van der Waals surface area contributed by atoms with Crippen molar-refractivity contribution in [3.8, 4) is 0 Å². The quantitative estimate of drug-likeness (QED) is 0.793. The fourth-order valence-electron chi connectivity index (χ4n) is 2.80. The van der Waals surface area contributed by atoms with Gasteiger partial charge in [-0.25, -0.2) is 0 Å². The second-order valence-corrected chi connectivity index (χ2v) is 5.85. The molecule has 2 aromatic rings. The van der Waals surface area contributed by atoms with Gasteiger partial charge in [-0.15, -0.1) is 0 Å². The maximum Gasteiger partial charge on any atom is 0.0777 e. The largest absolute Gasteiger partial charge is 0.369 e. The first kappa shape index (κ1) is 15.7. The molecule has 21 heavy (non-hydrogen) atoms. The molecule has 0 aliphatic carbocycles. The first-order valence-corrected chi connectivity index (χ1v) is 8.00. The van der Waals surface area contributed by atoms with E-state index in [0.717, 1.165) is 17.8 Å². The number of hydrogen-bond acceptors (Lipinski definition) is 1. The summed E-state index contributed by atoms with van der Waals surface area (Å²) in [6.07, 6.45) is 2.05. The molecule has 0 aromatic heterocycles. The van der Waals surface area contributed by atoms with Crippen molar-refractivity contribution >= 4 is 17.2 Å². The topological polar surface area (TPSA) is 12.0 Å². The summed E-state index contributed by atoms with van der Waals surface area (Å²) in [6.45, 7) is 6.35. The third kappa shape index (κ3) is 3.70. The molecule has 0 unspecified atom stereocenters. The Bertz CT molecular complexity index is 571. The molecule has 0 atom stereocenters. The summed E-state index contributed by atoms with van der Waals surface area (Å²) in [5.41, 5.74) is 5.39. The van der Waals surface area contributed by atoms with E-state index in [4.69, 9.17) is 12.2 Å². The number of nitrogens with one attached hydrogen (secondary N) is 1. The van der Waals surface area contributed by atoms with Crippen molar-refractivity contribution < 1.29 is 0 Å². The average Bonchev–Trinajstić information content (AvgIpc) is 2.52. The third-order valence-corrected chi connectivity index (χ3v) is 3.96. The van der Waals surface area contributed by atoms with Gasteiger partial charge >= 0.3 is 0 Å². The molecule has 2 rings (SSSR count). The van der Waals surface area contributed by atoms with E-state index in [2.05, 4.69) is 67.7 Å². The van der Waals surface area contributed by atoms with E-state index in [1.54, 1.807) is 0 Å². The minimum atomic E-state index is 0.134. The molecule has 2 aromatic carbocycles. The lowest BCUT2D eigenvalue weighted by atomic mass is 9.90. The van der Waals surface area contributed by atoms with Crippen molar-refractivity contribution in [1.82, 2.24) is 5.32 Å². The SMILES string of the molecule is CCc1ccccc1C(NC(C)=S)c1ccccc1CC. The monoisotopic (exact) mass is 297 g/mol. The van der Waals surface area contributed by atoms with E-state index in [0.29, 0.717) is 0 Å². The smallest absolute Gasteiger partial charge is 0.0777 e. The van der Waals surface area contributed by atoms with Crippen LogP contribution in [0.2, 0.25) is 0 Å². The lowest BCUT2D eigenvalue weighted by Gasteiger charge is -2.24. The summed E-state index contributed by atoms with van der Waals surface area (Å²) < 4.78 is 0. The fourth-order valence-corrected chi connectivity index (χ4v) is 2.92. The second kappa shape index (κ2) is 7.37. The van der Waals surface area contributed by atoms with Crippen LogP contribution < -0.4 is 5.32 Å². The van der Waals surface area contributed by atoms with Crippen LogP contribution in [0.15, 0.2) is 48.5 Å². The van der Waals surface area contributed by atoms with E-state index in [-0.39, 0.29) is 6.04 Å². The van der Waals surface area contributed by atoms with E-state index in [9.17, 15) is 0 Å². The van der Waals surface area contributed by atoms with Gasteiger partial charge in [-0.05, 0) is 42.0 Å². The maximum absolute atomic E-state index is 5.32. The summed E-state index contributed by atoms with van der Waals surface area (Å²) in [7, 11) is 0. The first-order valence-electron chi connectivity index (χ1n) is 7.60. The van der Waals surface area contributed by atoms with Gasteiger partial charge in [0.15, 0.2) is 0 Å². The molecule has 0 saturated heterocycles. The van der Waals surface area contributed by atoms with Gasteiger partial charge in [0.1, 0.15) is 0 Å². The first-order chi connectivity index (χ1) is 10.2. The zero-order valence-electron chi connectivity index (χ0n) is 13.0. The third-order valence-electron chi connectivity index (χ3n) is 3.84. The lowest BCUT2D eigenvalue weighted by molar-refractivity contribution is 0.744. The molecule has 1 N–H and O–H groups in total. The molecular formula is C19H23NS. The molecule has 0 fully saturated rings. The fraction of sp³-hybridized carbons (Fsp3) is 0.316. The highest BCUT2D eigenvalue weighted by atomic mass is 32.1. The Morgan fingerprint density at radius 3 is 1.71 bits per heavy atom. The van der Waals surface area contributed by atoms with Crippen LogP contribution in [0.25, 0.3) is 0 Å². The molecule has 1 nitrogen and oxygen atoms in total. The Kier molecular flexibility index (Phi) is 5.51. The minimum absolute atomic E-state index is 0.134. The van der Waals surface area contributed by atoms with Crippen molar-refractivity contribution in [3.05, 3.63) is 70.8 Å². The van der Waals surface area contributed by atoms with Gasteiger partial charge in [0, 0.05) is 0 Å². The van der Waals surface area contributed by atoms with E-state index >= 15 is 0 Å². The Hall–Kier alpha value is -1.67. The molecule has 0 heterocycles. The molecule has 0 bridgehead atoms. The van der Waals surface area contributed by atoms with Crippen LogP contribution in [0.1, 0.15) is 49.1 Å². The van der Waals surface area contributed by atoms with Crippen LogP contribution in [-0.4, -0.2) is 4.99 Å². The van der Waals surface area contributed by atoms with Gasteiger partial charge in [-0.2, -0.15) is 0 Å². The van der Waals surface area contributed by atoms with Gasteiger partial charge in [-0.1, -0.05) is 74.6 Å². The van der Waals surface area contributed by atoms with Crippen LogP contribution in [0.3, 0.4) is 0 Å². The summed E-state index contributed by atoms with van der Waals surface area (Å²) in [6, 6.07) is 17.4. The van der Waals surface area contributed by atoms with Crippen LogP contribution in [0.5, 0.6) is 0 Å². The van der Waals surface area contributed by atoms with Crippen LogP contribution >= 0.6 is 12.2 Å². The average molecular weight is 297 g/mol. The zero-order valence-corrected chi connectivity index (χ0v) is 13.8. The number of aryl methyl sites for hydroxylation is 2. The normalized spacial score (nSPS) is 10.7. The van der Waals surface area contributed by atoms with Crippen molar-refractivity contribution in [2.24, 2.45) is 0 Å². The Labute approximate surface area is 133 Å². The lowest BCUT2D eigenvalue weighted by Crippen LogP contribution is -2.27. The molecule has 2 heteroatoms. The summed E-state index contributed by atoms with van der Waals surface area (Å²) in [5, 5.41) is 3.49. The Balaban J connectivity index is 2.55. The van der Waals surface area contributed by atoms with Gasteiger partial charge < -0.3 is 5.32 Å². The molecule has 0 radical (unpaired) electrons. The van der Waals surface area contributed by atoms with Gasteiger partial charge in [0.25, 0.3) is 0 Å². The number of hydrogen-bond donors (Lipinski definition) is 1. The van der Waals surface area contributed by atoms with Gasteiger partial charge in [-0.3, -0.25) is 0 Å². The van der Waals surface area contributed by atoms with Crippen LogP contribution in [0, 0.1) is 0 Å². The zero-order chi connectivity index (χ0) is 15.2. The second-order valence-electron chi connectivity index (χ2n) is 5.24. The van der Waals surface area contributed by atoms with Gasteiger partial charge in [0.05, 0.1) is 11.0 Å². The minimum Gasteiger partial charge on any atom is -0.369 e. The standard InChI is InChI=1S/C19H23NS/c1-4-15-10-6-8-12-17(15)19(20-14(3)21)18-13-9-7-11-16(18)5-2/h6-13,19H,4-5H2,1-3H3,(H,20,21). The van der Waals surface area contributed by atoms with E-state index in [1.807, 2.05) is 6.92 Å². The van der Waals surface area contributed by atoms with Crippen molar-refractivity contribution in [2.45, 2.75) is 39.7 Å². The van der Waals surface area contributed by atoms with E-state index < -0.39 is 0 Å². The number of benzene rings is 2. The molecule has 0 spiro atoms. The molecule has 0 aliphatic rings. The van der Waals surface area contributed by atoms with Crippen molar-refractivity contribution in [2.75, 3.05) is 0 Å².